The van der Waals surface area contributed by atoms with Gasteiger partial charge in [-0.2, -0.15) is 0 Å². The first-order valence-corrected chi connectivity index (χ1v) is 4.07. The van der Waals surface area contributed by atoms with E-state index in [2.05, 4.69) is 0 Å². The predicted molar refractivity (Wildman–Crippen MR) is 48.1 cm³/mol. The second-order valence-electron chi connectivity index (χ2n) is 1.82. The van der Waals surface area contributed by atoms with Gasteiger partial charge in [0.1, 0.15) is 5.02 Å². The molecule has 0 aliphatic carbocycles. The minimum atomic E-state index is -0.247. The minimum Gasteiger partial charge on any atom is -0.505 e. The van der Waals surface area contributed by atoms with Crippen LogP contribution in [0, 0.1) is 0 Å². The van der Waals surface area contributed by atoms with Crippen molar-refractivity contribution in [1.29, 1.82) is 0 Å². The fourth-order valence-electron chi connectivity index (χ4n) is 0.557. The summed E-state index contributed by atoms with van der Waals surface area (Å²) in [5.74, 6) is -0.247. The van der Waals surface area contributed by atoms with E-state index in [0.717, 1.165) is 0 Å². The number of benzene rings is 1. The molecule has 0 saturated heterocycles. The van der Waals surface area contributed by atoms with E-state index in [1.807, 2.05) is 0 Å². The quantitative estimate of drug-likeness (QED) is 0.436. The van der Waals surface area contributed by atoms with E-state index in [9.17, 15) is 0 Å². The summed E-state index contributed by atoms with van der Waals surface area (Å²) in [5.41, 5.74) is 0. The molecule has 0 amide bonds. The monoisotopic (exact) mass is 293 g/mol. The molecule has 0 aliphatic heterocycles. The normalized spacial score (nSPS) is 9.33. The summed E-state index contributed by atoms with van der Waals surface area (Å²) >= 11 is 22.2. The van der Waals surface area contributed by atoms with Crippen LogP contribution in [0.3, 0.4) is 0 Å². The van der Waals surface area contributed by atoms with Crippen molar-refractivity contribution in [2.45, 2.75) is 0 Å². The molecule has 1 N–H and O–H groups in total. The number of hydrogen-bond acceptors (Lipinski definition) is 1. The molecule has 0 aliphatic rings. The van der Waals surface area contributed by atoms with Crippen molar-refractivity contribution in [2.75, 3.05) is 0 Å². The Hall–Kier alpha value is 0.699. The van der Waals surface area contributed by atoms with Gasteiger partial charge in [0.05, 0.1) is 15.1 Å². The van der Waals surface area contributed by atoms with Gasteiger partial charge in [0, 0.05) is 0 Å². The molecule has 1 aromatic carbocycles. The van der Waals surface area contributed by atoms with Crippen LogP contribution in [0.5, 0.6) is 5.75 Å². The maximum atomic E-state index is 9.10. The van der Waals surface area contributed by atoms with Crippen LogP contribution in [0.1, 0.15) is 0 Å². The second-order valence-corrected chi connectivity index (χ2v) is 3.39. The Labute approximate surface area is 100 Å². The number of halogens is 4. The third kappa shape index (κ3) is 2.35. The molecule has 1 aromatic rings. The average Bonchev–Trinajstić information content (AvgIpc) is 1.97. The van der Waals surface area contributed by atoms with Crippen molar-refractivity contribution in [3.05, 3.63) is 26.2 Å². The number of hydrogen-bond donors (Lipinski definition) is 1. The van der Waals surface area contributed by atoms with Gasteiger partial charge >= 0.3 is 17.1 Å². The first-order valence-electron chi connectivity index (χ1n) is 2.56. The topological polar surface area (TPSA) is 20.2 Å². The van der Waals surface area contributed by atoms with Gasteiger partial charge < -0.3 is 5.11 Å². The van der Waals surface area contributed by atoms with Gasteiger partial charge in [-0.3, -0.25) is 0 Å². The molecule has 0 heterocycles. The number of phenols is 1. The van der Waals surface area contributed by atoms with Gasteiger partial charge in [-0.15, -0.1) is 0 Å². The van der Waals surface area contributed by atoms with Crippen LogP contribution >= 0.6 is 46.4 Å². The van der Waals surface area contributed by atoms with Gasteiger partial charge in [0.15, 0.2) is 5.75 Å². The molecule has 6 heteroatoms. The standard InChI is InChI=1S/C6H2Cl4O.Cu/c7-2-1-3(8)6(11)5(10)4(2)9;/h1,11H;/q;+2. The zero-order chi connectivity index (χ0) is 8.59. The summed E-state index contributed by atoms with van der Waals surface area (Å²) in [6.07, 6.45) is 0. The molecule has 1 radical (unpaired) electrons. The van der Waals surface area contributed by atoms with E-state index < -0.39 is 0 Å². The maximum absolute atomic E-state index is 9.10. The summed E-state index contributed by atoms with van der Waals surface area (Å²) in [5, 5.41) is 9.50. The molecule has 0 bridgehead atoms. The first-order chi connectivity index (χ1) is 5.04. The molecule has 12 heavy (non-hydrogen) atoms. The van der Waals surface area contributed by atoms with E-state index in [4.69, 9.17) is 51.5 Å². The summed E-state index contributed by atoms with van der Waals surface area (Å²) in [7, 11) is 0. The van der Waals surface area contributed by atoms with Gasteiger partial charge in [0.25, 0.3) is 0 Å². The molecule has 69 valence electrons. The van der Waals surface area contributed by atoms with Crippen molar-refractivity contribution < 1.29 is 22.2 Å². The summed E-state index contributed by atoms with van der Waals surface area (Å²) in [4.78, 5) is 0. The van der Waals surface area contributed by atoms with Crippen molar-refractivity contribution in [3.63, 3.8) is 0 Å². The zero-order valence-electron chi connectivity index (χ0n) is 5.34. The van der Waals surface area contributed by atoms with Crippen LogP contribution in [-0.2, 0) is 17.1 Å². The van der Waals surface area contributed by atoms with Crippen LogP contribution in [0.4, 0.5) is 0 Å². The van der Waals surface area contributed by atoms with E-state index >= 15 is 0 Å². The molecule has 0 unspecified atom stereocenters. The first kappa shape index (κ1) is 12.7. The van der Waals surface area contributed by atoms with Gasteiger partial charge in [-0.25, -0.2) is 0 Å². The Kier molecular flexibility index (Phi) is 5.08. The Balaban J connectivity index is 0.00000121. The van der Waals surface area contributed by atoms with Crippen molar-refractivity contribution in [3.8, 4) is 5.75 Å². The second kappa shape index (κ2) is 4.80. The number of aromatic hydroxyl groups is 1. The molecular formula is C6H2Cl4CuO+2. The third-order valence-corrected chi connectivity index (χ3v) is 2.63. The van der Waals surface area contributed by atoms with Gasteiger partial charge in [-0.05, 0) is 6.07 Å². The Bertz CT molecular complexity index is 276. The fourth-order valence-corrected chi connectivity index (χ4v) is 1.46. The van der Waals surface area contributed by atoms with Crippen LogP contribution in [0.25, 0.3) is 0 Å². The summed E-state index contributed by atoms with van der Waals surface area (Å²) in [6.45, 7) is 0. The van der Waals surface area contributed by atoms with E-state index in [-0.39, 0.29) is 42.9 Å². The van der Waals surface area contributed by atoms with E-state index in [1.54, 1.807) is 0 Å². The molecule has 0 spiro atoms. The minimum absolute atomic E-state index is 0. The molecule has 0 aromatic heterocycles. The Morgan fingerprint density at radius 1 is 0.917 bits per heavy atom. The smallest absolute Gasteiger partial charge is 0.505 e. The third-order valence-electron chi connectivity index (χ3n) is 1.09. The molecule has 1 nitrogen and oxygen atoms in total. The molecule has 0 saturated carbocycles. The SMILES string of the molecule is Oc1c(Cl)cc(Cl)c(Cl)c1Cl.[Cu+2]. The Morgan fingerprint density at radius 2 is 1.42 bits per heavy atom. The van der Waals surface area contributed by atoms with Crippen LogP contribution in [-0.4, -0.2) is 5.11 Å². The average molecular weight is 295 g/mol. The molecule has 0 fully saturated rings. The predicted octanol–water partition coefficient (Wildman–Crippen LogP) is 4.00. The Morgan fingerprint density at radius 3 is 1.92 bits per heavy atom. The zero-order valence-corrected chi connectivity index (χ0v) is 9.30. The van der Waals surface area contributed by atoms with Crippen molar-refractivity contribution in [1.82, 2.24) is 0 Å². The molecular weight excluding hydrogens is 293 g/mol. The largest absolute Gasteiger partial charge is 2.00 e. The van der Waals surface area contributed by atoms with Crippen molar-refractivity contribution in [2.24, 2.45) is 0 Å². The number of phenolic OH excluding ortho intramolecular Hbond substituents is 1. The number of rotatable bonds is 0. The van der Waals surface area contributed by atoms with Gasteiger partial charge in [-0.1, -0.05) is 46.4 Å². The summed E-state index contributed by atoms with van der Waals surface area (Å²) < 4.78 is 0. The van der Waals surface area contributed by atoms with Crippen LogP contribution in [0.15, 0.2) is 6.07 Å². The van der Waals surface area contributed by atoms with E-state index in [0.29, 0.717) is 0 Å². The molecule has 0 atom stereocenters. The van der Waals surface area contributed by atoms with Crippen molar-refractivity contribution >= 4 is 46.4 Å². The van der Waals surface area contributed by atoms with Gasteiger partial charge in [0.2, 0.25) is 0 Å². The van der Waals surface area contributed by atoms with Crippen LogP contribution in [0.2, 0.25) is 20.1 Å². The fraction of sp³-hybridized carbons (Fsp3) is 0. The van der Waals surface area contributed by atoms with Crippen LogP contribution < -0.4 is 0 Å². The maximum Gasteiger partial charge on any atom is 2.00 e. The van der Waals surface area contributed by atoms with E-state index in [1.165, 1.54) is 6.07 Å². The summed E-state index contributed by atoms with van der Waals surface area (Å²) in [6, 6.07) is 1.33. The molecule has 1 rings (SSSR count).